The molecule has 3 N–H and O–H groups in total. The fourth-order valence-corrected chi connectivity index (χ4v) is 1.79. The van der Waals surface area contributed by atoms with Gasteiger partial charge in [0, 0.05) is 18.2 Å². The van der Waals surface area contributed by atoms with Gasteiger partial charge in [-0.1, -0.05) is 13.8 Å². The van der Waals surface area contributed by atoms with Crippen LogP contribution in [0.5, 0.6) is 0 Å². The quantitative estimate of drug-likeness (QED) is 0.669. The van der Waals surface area contributed by atoms with Crippen molar-refractivity contribution in [1.29, 1.82) is 0 Å². The summed E-state index contributed by atoms with van der Waals surface area (Å²) in [5.41, 5.74) is 1.64. The maximum absolute atomic E-state index is 11.8. The monoisotopic (exact) mass is 278 g/mol. The third-order valence-corrected chi connectivity index (χ3v) is 2.88. The molecule has 0 aliphatic carbocycles. The van der Waals surface area contributed by atoms with Crippen molar-refractivity contribution in [2.24, 2.45) is 0 Å². The Morgan fingerprint density at radius 1 is 1.30 bits per heavy atom. The van der Waals surface area contributed by atoms with Gasteiger partial charge in [-0.15, -0.1) is 0 Å². The van der Waals surface area contributed by atoms with E-state index >= 15 is 0 Å². The van der Waals surface area contributed by atoms with Crippen molar-refractivity contribution in [1.82, 2.24) is 5.32 Å². The predicted octanol–water partition coefficient (Wildman–Crippen LogP) is 2.41. The molecule has 20 heavy (non-hydrogen) atoms. The highest BCUT2D eigenvalue weighted by Gasteiger charge is 2.08. The van der Waals surface area contributed by atoms with Crippen LogP contribution in [0.2, 0.25) is 0 Å². The van der Waals surface area contributed by atoms with Crippen LogP contribution in [0.15, 0.2) is 18.2 Å². The van der Waals surface area contributed by atoms with Crippen molar-refractivity contribution in [2.45, 2.75) is 39.7 Å². The van der Waals surface area contributed by atoms with Crippen LogP contribution in [0.25, 0.3) is 0 Å². The minimum Gasteiger partial charge on any atom is -0.478 e. The number of hydrogen-bond donors (Lipinski definition) is 3. The van der Waals surface area contributed by atoms with Crippen molar-refractivity contribution in [3.63, 3.8) is 0 Å². The van der Waals surface area contributed by atoms with Gasteiger partial charge in [-0.05, 0) is 43.7 Å². The molecule has 5 nitrogen and oxygen atoms in total. The smallest absolute Gasteiger partial charge is 0.335 e. The second-order valence-corrected chi connectivity index (χ2v) is 5.10. The van der Waals surface area contributed by atoms with E-state index in [-0.39, 0.29) is 11.5 Å². The maximum atomic E-state index is 11.8. The Morgan fingerprint density at radius 2 is 2.00 bits per heavy atom. The molecule has 5 heteroatoms. The summed E-state index contributed by atoms with van der Waals surface area (Å²) in [4.78, 5) is 22.6. The van der Waals surface area contributed by atoms with Gasteiger partial charge in [0.2, 0.25) is 5.91 Å². The molecule has 1 rings (SSSR count). The first-order chi connectivity index (χ1) is 9.40. The van der Waals surface area contributed by atoms with Crippen LogP contribution in [0.1, 0.15) is 42.6 Å². The van der Waals surface area contributed by atoms with Gasteiger partial charge >= 0.3 is 5.97 Å². The van der Waals surface area contributed by atoms with Crippen LogP contribution in [0, 0.1) is 6.92 Å². The van der Waals surface area contributed by atoms with Crippen LogP contribution in [0.4, 0.5) is 5.69 Å². The normalized spacial score (nSPS) is 10.6. The van der Waals surface area contributed by atoms with Crippen LogP contribution >= 0.6 is 0 Å². The van der Waals surface area contributed by atoms with Crippen molar-refractivity contribution < 1.29 is 14.7 Å². The molecule has 0 fully saturated rings. The van der Waals surface area contributed by atoms with Gasteiger partial charge in [-0.3, -0.25) is 4.79 Å². The van der Waals surface area contributed by atoms with Crippen molar-refractivity contribution in [3.05, 3.63) is 29.3 Å². The number of aromatic carboxylic acids is 1. The Morgan fingerprint density at radius 3 is 2.55 bits per heavy atom. The number of carbonyl (C=O) groups excluding carboxylic acids is 1. The highest BCUT2D eigenvalue weighted by atomic mass is 16.4. The fourth-order valence-electron chi connectivity index (χ4n) is 1.79. The van der Waals surface area contributed by atoms with E-state index in [1.54, 1.807) is 19.1 Å². The molecular weight excluding hydrogens is 256 g/mol. The molecule has 0 heterocycles. The predicted molar refractivity (Wildman–Crippen MR) is 79.1 cm³/mol. The van der Waals surface area contributed by atoms with E-state index in [1.807, 2.05) is 0 Å². The van der Waals surface area contributed by atoms with E-state index in [2.05, 4.69) is 24.5 Å². The minimum absolute atomic E-state index is 0.0540. The first-order valence-electron chi connectivity index (χ1n) is 6.77. The SMILES string of the molecule is Cc1cc(C(=O)O)ccc1NC(=O)CCCNC(C)C. The van der Waals surface area contributed by atoms with Gasteiger partial charge in [0.15, 0.2) is 0 Å². The Hall–Kier alpha value is -1.88. The van der Waals surface area contributed by atoms with E-state index in [4.69, 9.17) is 5.11 Å². The number of anilines is 1. The summed E-state index contributed by atoms with van der Waals surface area (Å²) in [6, 6.07) is 5.09. The number of nitrogens with one attached hydrogen (secondary N) is 2. The Kier molecular flexibility index (Phi) is 6.18. The minimum atomic E-state index is -0.967. The van der Waals surface area contributed by atoms with E-state index in [0.717, 1.165) is 18.5 Å². The van der Waals surface area contributed by atoms with Gasteiger partial charge in [0.05, 0.1) is 5.56 Å². The number of carbonyl (C=O) groups is 2. The lowest BCUT2D eigenvalue weighted by Crippen LogP contribution is -2.24. The lowest BCUT2D eigenvalue weighted by molar-refractivity contribution is -0.116. The topological polar surface area (TPSA) is 78.4 Å². The number of hydrogen-bond acceptors (Lipinski definition) is 3. The van der Waals surface area contributed by atoms with E-state index in [9.17, 15) is 9.59 Å². The highest BCUT2D eigenvalue weighted by molar-refractivity contribution is 5.93. The molecule has 0 saturated carbocycles. The first kappa shape index (κ1) is 16.2. The lowest BCUT2D eigenvalue weighted by Gasteiger charge is -2.10. The van der Waals surface area contributed by atoms with Gasteiger partial charge < -0.3 is 15.7 Å². The molecule has 1 aromatic rings. The van der Waals surface area contributed by atoms with E-state index in [1.165, 1.54) is 6.07 Å². The summed E-state index contributed by atoms with van der Waals surface area (Å²) < 4.78 is 0. The molecule has 0 bridgehead atoms. The average molecular weight is 278 g/mol. The zero-order valence-electron chi connectivity index (χ0n) is 12.2. The summed E-state index contributed by atoms with van der Waals surface area (Å²) in [6.45, 7) is 6.71. The molecule has 0 radical (unpaired) electrons. The summed E-state index contributed by atoms with van der Waals surface area (Å²) in [5, 5.41) is 14.9. The fraction of sp³-hybridized carbons (Fsp3) is 0.467. The number of carboxylic acids is 1. The number of carboxylic acid groups (broad SMARTS) is 1. The van der Waals surface area contributed by atoms with E-state index < -0.39 is 5.97 Å². The standard InChI is InChI=1S/C15H22N2O3/c1-10(2)16-8-4-5-14(18)17-13-7-6-12(15(19)20)9-11(13)3/h6-7,9-10,16H,4-5,8H2,1-3H3,(H,17,18)(H,19,20). The second kappa shape index (κ2) is 7.65. The molecule has 0 spiro atoms. The molecule has 1 amide bonds. The van der Waals surface area contributed by atoms with Crippen LogP contribution in [0.3, 0.4) is 0 Å². The molecule has 0 aromatic heterocycles. The number of rotatable bonds is 7. The second-order valence-electron chi connectivity index (χ2n) is 5.10. The summed E-state index contributed by atoms with van der Waals surface area (Å²) >= 11 is 0. The van der Waals surface area contributed by atoms with Crippen LogP contribution in [-0.2, 0) is 4.79 Å². The van der Waals surface area contributed by atoms with E-state index in [0.29, 0.717) is 18.2 Å². The number of amides is 1. The zero-order valence-corrected chi connectivity index (χ0v) is 12.2. The van der Waals surface area contributed by atoms with Crippen molar-refractivity contribution >= 4 is 17.6 Å². The van der Waals surface area contributed by atoms with Gasteiger partial charge in [0.1, 0.15) is 0 Å². The third-order valence-electron chi connectivity index (χ3n) is 2.88. The van der Waals surface area contributed by atoms with Crippen LogP contribution < -0.4 is 10.6 Å². The van der Waals surface area contributed by atoms with Gasteiger partial charge in [-0.2, -0.15) is 0 Å². The molecule has 110 valence electrons. The zero-order chi connectivity index (χ0) is 15.1. The summed E-state index contributed by atoms with van der Waals surface area (Å²) in [7, 11) is 0. The third kappa shape index (κ3) is 5.40. The Labute approximate surface area is 119 Å². The molecule has 0 atom stereocenters. The Balaban J connectivity index is 2.48. The molecule has 0 unspecified atom stereocenters. The largest absolute Gasteiger partial charge is 0.478 e. The molecule has 0 saturated heterocycles. The van der Waals surface area contributed by atoms with Crippen LogP contribution in [-0.4, -0.2) is 29.6 Å². The van der Waals surface area contributed by atoms with Gasteiger partial charge in [0.25, 0.3) is 0 Å². The number of benzene rings is 1. The number of aryl methyl sites for hydroxylation is 1. The summed E-state index contributed by atoms with van der Waals surface area (Å²) in [6.07, 6.45) is 1.22. The molecule has 0 aliphatic rings. The highest BCUT2D eigenvalue weighted by Crippen LogP contribution is 2.17. The Bertz CT molecular complexity index is 484. The summed E-state index contributed by atoms with van der Waals surface area (Å²) in [5.74, 6) is -1.02. The average Bonchev–Trinajstić information content (AvgIpc) is 2.36. The van der Waals surface area contributed by atoms with Crippen molar-refractivity contribution in [2.75, 3.05) is 11.9 Å². The molecular formula is C15H22N2O3. The molecule has 1 aromatic carbocycles. The van der Waals surface area contributed by atoms with Crippen molar-refractivity contribution in [3.8, 4) is 0 Å². The maximum Gasteiger partial charge on any atom is 0.335 e. The lowest BCUT2D eigenvalue weighted by atomic mass is 10.1. The van der Waals surface area contributed by atoms with Gasteiger partial charge in [-0.25, -0.2) is 4.79 Å². The first-order valence-corrected chi connectivity index (χ1v) is 6.77. The molecule has 0 aliphatic heterocycles.